The highest BCUT2D eigenvalue weighted by Crippen LogP contribution is 1.97. The molecule has 0 saturated carbocycles. The summed E-state index contributed by atoms with van der Waals surface area (Å²) < 4.78 is 2.11. The van der Waals surface area contributed by atoms with Gasteiger partial charge in [0.05, 0.1) is 6.67 Å². The fourth-order valence-corrected chi connectivity index (χ4v) is 1.40. The number of hydrogen-bond donors (Lipinski definition) is 1. The Morgan fingerprint density at radius 1 is 0.929 bits per heavy atom. The average Bonchev–Trinajstić information content (AvgIpc) is 2.72. The second kappa shape index (κ2) is 4.63. The zero-order valence-electron chi connectivity index (χ0n) is 8.06. The van der Waals surface area contributed by atoms with Gasteiger partial charge < -0.3 is 4.57 Å². The van der Waals surface area contributed by atoms with Crippen LogP contribution in [0.5, 0.6) is 0 Å². The standard InChI is InChI=1S/C12H14N2/c1-2-6-12(7-3-1)10-13-11-14-8-4-5-9-14/h1-9,13H,10-11H2. The Morgan fingerprint density at radius 3 is 2.36 bits per heavy atom. The molecule has 0 fully saturated rings. The lowest BCUT2D eigenvalue weighted by Crippen LogP contribution is -2.16. The van der Waals surface area contributed by atoms with Crippen molar-refractivity contribution in [3.8, 4) is 0 Å². The largest absolute Gasteiger partial charge is 0.341 e. The maximum absolute atomic E-state index is 3.37. The second-order valence-electron chi connectivity index (χ2n) is 3.27. The van der Waals surface area contributed by atoms with E-state index in [1.807, 2.05) is 18.2 Å². The molecule has 14 heavy (non-hydrogen) atoms. The summed E-state index contributed by atoms with van der Waals surface area (Å²) in [5, 5.41) is 3.37. The molecule has 2 rings (SSSR count). The zero-order chi connectivity index (χ0) is 9.64. The molecular weight excluding hydrogens is 172 g/mol. The molecular formula is C12H14N2. The molecule has 1 heterocycles. The molecule has 0 saturated heterocycles. The van der Waals surface area contributed by atoms with Crippen LogP contribution in [-0.4, -0.2) is 4.57 Å². The summed E-state index contributed by atoms with van der Waals surface area (Å²) >= 11 is 0. The van der Waals surface area contributed by atoms with Gasteiger partial charge in [0.25, 0.3) is 0 Å². The van der Waals surface area contributed by atoms with Crippen LogP contribution in [0.3, 0.4) is 0 Å². The minimum atomic E-state index is 0.863. The van der Waals surface area contributed by atoms with Crippen LogP contribution >= 0.6 is 0 Å². The normalized spacial score (nSPS) is 10.3. The predicted molar refractivity (Wildman–Crippen MR) is 57.7 cm³/mol. The van der Waals surface area contributed by atoms with Crippen molar-refractivity contribution < 1.29 is 0 Å². The van der Waals surface area contributed by atoms with Gasteiger partial charge in [-0.2, -0.15) is 0 Å². The maximum Gasteiger partial charge on any atom is 0.0722 e. The van der Waals surface area contributed by atoms with Crippen LogP contribution in [0.2, 0.25) is 0 Å². The van der Waals surface area contributed by atoms with Crippen LogP contribution in [0, 0.1) is 0 Å². The van der Waals surface area contributed by atoms with Gasteiger partial charge in [-0.25, -0.2) is 0 Å². The topological polar surface area (TPSA) is 17.0 Å². The highest BCUT2D eigenvalue weighted by molar-refractivity contribution is 5.14. The van der Waals surface area contributed by atoms with Crippen LogP contribution in [0.25, 0.3) is 0 Å². The number of rotatable bonds is 4. The molecule has 2 nitrogen and oxygen atoms in total. The van der Waals surface area contributed by atoms with Crippen LogP contribution in [0.1, 0.15) is 5.56 Å². The fourth-order valence-electron chi connectivity index (χ4n) is 1.40. The molecule has 1 aromatic heterocycles. The summed E-state index contributed by atoms with van der Waals surface area (Å²) in [7, 11) is 0. The molecule has 0 spiro atoms. The second-order valence-corrected chi connectivity index (χ2v) is 3.27. The predicted octanol–water partition coefficient (Wildman–Crippen LogP) is 2.24. The zero-order valence-corrected chi connectivity index (χ0v) is 8.06. The van der Waals surface area contributed by atoms with E-state index in [9.17, 15) is 0 Å². The average molecular weight is 186 g/mol. The first-order valence-electron chi connectivity index (χ1n) is 4.80. The van der Waals surface area contributed by atoms with Crippen molar-refractivity contribution in [1.82, 2.24) is 9.88 Å². The Morgan fingerprint density at radius 2 is 1.64 bits per heavy atom. The molecule has 0 bridgehead atoms. The van der Waals surface area contributed by atoms with Crippen LogP contribution in [0.4, 0.5) is 0 Å². The minimum absolute atomic E-state index is 0.863. The number of hydrogen-bond acceptors (Lipinski definition) is 1. The molecule has 0 unspecified atom stereocenters. The summed E-state index contributed by atoms with van der Waals surface area (Å²) in [5.74, 6) is 0. The van der Waals surface area contributed by atoms with Gasteiger partial charge in [-0.1, -0.05) is 30.3 Å². The Balaban J connectivity index is 1.79. The van der Waals surface area contributed by atoms with E-state index in [1.165, 1.54) is 5.56 Å². The summed E-state index contributed by atoms with van der Waals surface area (Å²) in [6, 6.07) is 14.5. The van der Waals surface area contributed by atoms with Gasteiger partial charge in [0.2, 0.25) is 0 Å². The van der Waals surface area contributed by atoms with Crippen LogP contribution in [-0.2, 0) is 13.2 Å². The SMILES string of the molecule is c1ccc(CNCn2cccc2)cc1. The molecule has 1 aromatic carbocycles. The Bertz CT molecular complexity index is 351. The van der Waals surface area contributed by atoms with E-state index in [4.69, 9.17) is 0 Å². The summed E-state index contributed by atoms with van der Waals surface area (Å²) in [6.45, 7) is 1.78. The lowest BCUT2D eigenvalue weighted by molar-refractivity contribution is 0.559. The Kier molecular flexibility index (Phi) is 2.99. The van der Waals surface area contributed by atoms with Crippen LogP contribution < -0.4 is 5.32 Å². The third kappa shape index (κ3) is 2.47. The Labute approximate surface area is 84.2 Å². The lowest BCUT2D eigenvalue weighted by atomic mass is 10.2. The Hall–Kier alpha value is -1.54. The van der Waals surface area contributed by atoms with E-state index in [2.05, 4.69) is 46.5 Å². The number of aromatic nitrogens is 1. The van der Waals surface area contributed by atoms with E-state index < -0.39 is 0 Å². The van der Waals surface area contributed by atoms with E-state index in [-0.39, 0.29) is 0 Å². The number of nitrogens with one attached hydrogen (secondary N) is 1. The molecule has 0 aliphatic rings. The van der Waals surface area contributed by atoms with E-state index in [0.29, 0.717) is 0 Å². The van der Waals surface area contributed by atoms with Gasteiger partial charge in [0.1, 0.15) is 0 Å². The fraction of sp³-hybridized carbons (Fsp3) is 0.167. The van der Waals surface area contributed by atoms with Gasteiger partial charge in [-0.3, -0.25) is 5.32 Å². The van der Waals surface area contributed by atoms with Gasteiger partial charge in [0.15, 0.2) is 0 Å². The highest BCUT2D eigenvalue weighted by atomic mass is 15.1. The molecule has 0 amide bonds. The highest BCUT2D eigenvalue weighted by Gasteiger charge is 1.90. The summed E-state index contributed by atoms with van der Waals surface area (Å²) in [5.41, 5.74) is 1.32. The first-order chi connectivity index (χ1) is 6.95. The smallest absolute Gasteiger partial charge is 0.0722 e. The van der Waals surface area contributed by atoms with Gasteiger partial charge in [-0.15, -0.1) is 0 Å². The van der Waals surface area contributed by atoms with E-state index in [1.54, 1.807) is 0 Å². The molecule has 2 heteroatoms. The molecule has 2 aromatic rings. The maximum atomic E-state index is 3.37. The van der Waals surface area contributed by atoms with E-state index in [0.717, 1.165) is 13.2 Å². The third-order valence-electron chi connectivity index (χ3n) is 2.13. The van der Waals surface area contributed by atoms with Gasteiger partial charge in [-0.05, 0) is 17.7 Å². The van der Waals surface area contributed by atoms with Crippen molar-refractivity contribution >= 4 is 0 Å². The molecule has 72 valence electrons. The molecule has 0 atom stereocenters. The molecule has 0 aliphatic heterocycles. The minimum Gasteiger partial charge on any atom is -0.341 e. The monoisotopic (exact) mass is 186 g/mol. The number of benzene rings is 1. The van der Waals surface area contributed by atoms with Crippen molar-refractivity contribution in [2.45, 2.75) is 13.2 Å². The lowest BCUT2D eigenvalue weighted by Gasteiger charge is -2.05. The van der Waals surface area contributed by atoms with Crippen molar-refractivity contribution in [1.29, 1.82) is 0 Å². The van der Waals surface area contributed by atoms with Crippen LogP contribution in [0.15, 0.2) is 54.9 Å². The third-order valence-corrected chi connectivity index (χ3v) is 2.13. The van der Waals surface area contributed by atoms with Crippen molar-refractivity contribution in [2.24, 2.45) is 0 Å². The number of nitrogens with zero attached hydrogens (tertiary/aromatic N) is 1. The summed E-state index contributed by atoms with van der Waals surface area (Å²) in [6.07, 6.45) is 4.11. The first kappa shape index (κ1) is 9.03. The van der Waals surface area contributed by atoms with Crippen molar-refractivity contribution in [2.75, 3.05) is 0 Å². The van der Waals surface area contributed by atoms with E-state index >= 15 is 0 Å². The summed E-state index contributed by atoms with van der Waals surface area (Å²) in [4.78, 5) is 0. The molecule has 0 aliphatic carbocycles. The molecule has 0 radical (unpaired) electrons. The van der Waals surface area contributed by atoms with Crippen molar-refractivity contribution in [3.63, 3.8) is 0 Å². The first-order valence-corrected chi connectivity index (χ1v) is 4.80. The van der Waals surface area contributed by atoms with Gasteiger partial charge in [0, 0.05) is 18.9 Å². The quantitative estimate of drug-likeness (QED) is 0.774. The molecule has 1 N–H and O–H groups in total. The van der Waals surface area contributed by atoms with Gasteiger partial charge >= 0.3 is 0 Å². The van der Waals surface area contributed by atoms with Crippen molar-refractivity contribution in [3.05, 3.63) is 60.4 Å².